The second-order valence-corrected chi connectivity index (χ2v) is 7.84. The molecular formula is C26H25N3. The first-order chi connectivity index (χ1) is 14.2. The van der Waals surface area contributed by atoms with E-state index in [9.17, 15) is 0 Å². The maximum atomic E-state index is 5.28. The van der Waals surface area contributed by atoms with Crippen LogP contribution in [0.3, 0.4) is 0 Å². The Labute approximate surface area is 171 Å². The molecule has 1 aliphatic rings. The van der Waals surface area contributed by atoms with Gasteiger partial charge in [-0.25, -0.2) is 0 Å². The zero-order chi connectivity index (χ0) is 20.0. The average Bonchev–Trinajstić information content (AvgIpc) is 3.20. The lowest BCUT2D eigenvalue weighted by atomic mass is 9.76. The van der Waals surface area contributed by atoms with E-state index in [0.29, 0.717) is 5.92 Å². The van der Waals surface area contributed by atoms with Gasteiger partial charge in [0.05, 0.1) is 6.04 Å². The number of para-hydroxylation sites is 1. The number of anilines is 1. The van der Waals surface area contributed by atoms with Gasteiger partial charge in [-0.1, -0.05) is 55.5 Å². The number of fused-ring (bicyclic) bond motifs is 4. The molecule has 2 N–H and O–H groups in total. The molecule has 0 saturated heterocycles. The third-order valence-electron chi connectivity index (χ3n) is 6.19. The largest absolute Gasteiger partial charge is 0.388 e. The summed E-state index contributed by atoms with van der Waals surface area (Å²) in [7, 11) is 1.97. The molecule has 0 amide bonds. The first-order valence-corrected chi connectivity index (χ1v) is 10.2. The average molecular weight is 380 g/mol. The number of hydrogen-bond donors (Lipinski definition) is 2. The molecule has 3 heteroatoms. The van der Waals surface area contributed by atoms with Crippen molar-refractivity contribution in [2.24, 2.45) is 4.99 Å². The molecule has 3 nitrogen and oxygen atoms in total. The van der Waals surface area contributed by atoms with Gasteiger partial charge in [-0.05, 0) is 47.4 Å². The Morgan fingerprint density at radius 1 is 0.931 bits per heavy atom. The molecule has 5 rings (SSSR count). The normalized spacial score (nSPS) is 18.4. The van der Waals surface area contributed by atoms with E-state index in [1.807, 2.05) is 7.05 Å². The quantitative estimate of drug-likeness (QED) is 0.390. The number of aliphatic imine (C=N–C) groups is 1. The van der Waals surface area contributed by atoms with Crippen LogP contribution in [0.5, 0.6) is 0 Å². The number of benzene rings is 3. The SMILES string of the molecule is CNc1ccc2c(c1)C(C)C(N=C(C)c1c[nH]c3ccccc13)c1ccccc1-2. The van der Waals surface area contributed by atoms with Gasteiger partial charge in [-0.2, -0.15) is 0 Å². The van der Waals surface area contributed by atoms with Crippen LogP contribution in [0, 0.1) is 0 Å². The van der Waals surface area contributed by atoms with Crippen LogP contribution in [0.15, 0.2) is 77.9 Å². The Morgan fingerprint density at radius 2 is 1.69 bits per heavy atom. The van der Waals surface area contributed by atoms with Gasteiger partial charge < -0.3 is 10.3 Å². The van der Waals surface area contributed by atoms with Crippen LogP contribution in [-0.4, -0.2) is 17.7 Å². The lowest BCUT2D eigenvalue weighted by molar-refractivity contribution is 0.594. The van der Waals surface area contributed by atoms with Crippen molar-refractivity contribution in [2.45, 2.75) is 25.8 Å². The van der Waals surface area contributed by atoms with E-state index in [2.05, 4.69) is 97.1 Å². The highest BCUT2D eigenvalue weighted by molar-refractivity contribution is 6.09. The minimum absolute atomic E-state index is 0.0967. The van der Waals surface area contributed by atoms with Crippen molar-refractivity contribution < 1.29 is 0 Å². The number of H-pyrrole nitrogens is 1. The fourth-order valence-electron chi connectivity index (χ4n) is 4.61. The highest BCUT2D eigenvalue weighted by Crippen LogP contribution is 2.48. The second-order valence-electron chi connectivity index (χ2n) is 7.84. The van der Waals surface area contributed by atoms with Gasteiger partial charge in [-0.15, -0.1) is 0 Å². The summed E-state index contributed by atoms with van der Waals surface area (Å²) in [6, 6.07) is 23.9. The molecule has 0 aliphatic heterocycles. The summed E-state index contributed by atoms with van der Waals surface area (Å²) in [6.07, 6.45) is 2.08. The first kappa shape index (κ1) is 17.7. The minimum atomic E-state index is 0.0967. The molecular weight excluding hydrogens is 354 g/mol. The fourth-order valence-corrected chi connectivity index (χ4v) is 4.61. The summed E-state index contributed by atoms with van der Waals surface area (Å²) in [5.74, 6) is 0.299. The standard InChI is InChI=1S/C26H25N3/c1-16-23-14-18(27-3)12-13-20(23)19-8-4-5-10-22(19)26(16)29-17(2)24-15-28-25-11-7-6-9-21(24)25/h4-16,26-28H,1-3H3. The Bertz CT molecular complexity index is 1230. The Kier molecular flexibility index (Phi) is 4.24. The van der Waals surface area contributed by atoms with Crippen LogP contribution in [0.4, 0.5) is 5.69 Å². The van der Waals surface area contributed by atoms with Crippen LogP contribution in [-0.2, 0) is 0 Å². The van der Waals surface area contributed by atoms with Gasteiger partial charge in [0.1, 0.15) is 0 Å². The molecule has 0 spiro atoms. The first-order valence-electron chi connectivity index (χ1n) is 10.2. The summed E-state index contributed by atoms with van der Waals surface area (Å²) in [5.41, 5.74) is 9.83. The second kappa shape index (κ2) is 6.93. The van der Waals surface area contributed by atoms with E-state index in [1.165, 1.54) is 33.2 Å². The number of rotatable bonds is 3. The van der Waals surface area contributed by atoms with E-state index >= 15 is 0 Å². The Hall–Kier alpha value is -3.33. The maximum absolute atomic E-state index is 5.28. The molecule has 0 radical (unpaired) electrons. The molecule has 144 valence electrons. The summed E-state index contributed by atoms with van der Waals surface area (Å²) in [4.78, 5) is 8.66. The van der Waals surface area contributed by atoms with Crippen molar-refractivity contribution in [2.75, 3.05) is 12.4 Å². The smallest absolute Gasteiger partial charge is 0.0824 e. The molecule has 2 atom stereocenters. The van der Waals surface area contributed by atoms with E-state index in [1.54, 1.807) is 0 Å². The van der Waals surface area contributed by atoms with Gasteiger partial charge in [0, 0.05) is 47.0 Å². The molecule has 1 aliphatic carbocycles. The highest BCUT2D eigenvalue weighted by atomic mass is 14.8. The summed E-state index contributed by atoms with van der Waals surface area (Å²) in [6.45, 7) is 4.43. The van der Waals surface area contributed by atoms with Crippen LogP contribution in [0.25, 0.3) is 22.0 Å². The zero-order valence-corrected chi connectivity index (χ0v) is 17.0. The number of nitrogens with one attached hydrogen (secondary N) is 2. The number of hydrogen-bond acceptors (Lipinski definition) is 2. The van der Waals surface area contributed by atoms with Crippen LogP contribution < -0.4 is 5.32 Å². The molecule has 29 heavy (non-hydrogen) atoms. The predicted octanol–water partition coefficient (Wildman–Crippen LogP) is 6.54. The third-order valence-corrected chi connectivity index (χ3v) is 6.19. The molecule has 4 aromatic rings. The monoisotopic (exact) mass is 379 g/mol. The molecule has 0 fully saturated rings. The molecule has 1 aromatic heterocycles. The van der Waals surface area contributed by atoms with Crippen LogP contribution >= 0.6 is 0 Å². The van der Waals surface area contributed by atoms with E-state index in [0.717, 1.165) is 16.9 Å². The lowest BCUT2D eigenvalue weighted by Crippen LogP contribution is -2.16. The zero-order valence-electron chi connectivity index (χ0n) is 17.0. The van der Waals surface area contributed by atoms with Gasteiger partial charge >= 0.3 is 0 Å². The summed E-state index contributed by atoms with van der Waals surface area (Å²) < 4.78 is 0. The topological polar surface area (TPSA) is 40.2 Å². The lowest BCUT2D eigenvalue weighted by Gasteiger charge is -2.32. The van der Waals surface area contributed by atoms with Gasteiger partial charge in [0.15, 0.2) is 0 Å². The summed E-state index contributed by atoms with van der Waals surface area (Å²) >= 11 is 0. The predicted molar refractivity (Wildman–Crippen MR) is 123 cm³/mol. The molecule has 3 aromatic carbocycles. The van der Waals surface area contributed by atoms with Crippen molar-refractivity contribution in [3.8, 4) is 11.1 Å². The van der Waals surface area contributed by atoms with Gasteiger partial charge in [0.25, 0.3) is 0 Å². The Balaban J connectivity index is 1.65. The van der Waals surface area contributed by atoms with Gasteiger partial charge in [0.2, 0.25) is 0 Å². The van der Waals surface area contributed by atoms with Crippen LogP contribution in [0.1, 0.15) is 42.5 Å². The Morgan fingerprint density at radius 3 is 2.55 bits per heavy atom. The molecule has 0 bridgehead atoms. The number of nitrogens with zero attached hydrogens (tertiary/aromatic N) is 1. The molecule has 1 heterocycles. The van der Waals surface area contributed by atoms with Gasteiger partial charge in [-0.3, -0.25) is 4.99 Å². The molecule has 2 unspecified atom stereocenters. The highest BCUT2D eigenvalue weighted by Gasteiger charge is 2.31. The van der Waals surface area contributed by atoms with Crippen molar-refractivity contribution in [3.63, 3.8) is 0 Å². The summed E-state index contributed by atoms with van der Waals surface area (Å²) in [5, 5.41) is 4.51. The molecule has 0 saturated carbocycles. The van der Waals surface area contributed by atoms with Crippen molar-refractivity contribution in [3.05, 3.63) is 89.6 Å². The minimum Gasteiger partial charge on any atom is -0.388 e. The maximum Gasteiger partial charge on any atom is 0.0824 e. The fraction of sp³-hybridized carbons (Fsp3) is 0.192. The van der Waals surface area contributed by atoms with Crippen molar-refractivity contribution >= 4 is 22.3 Å². The van der Waals surface area contributed by atoms with Crippen molar-refractivity contribution in [1.82, 2.24) is 4.98 Å². The third kappa shape index (κ3) is 2.85. The number of aromatic nitrogens is 1. The van der Waals surface area contributed by atoms with E-state index < -0.39 is 0 Å². The van der Waals surface area contributed by atoms with E-state index in [-0.39, 0.29) is 6.04 Å². The van der Waals surface area contributed by atoms with E-state index in [4.69, 9.17) is 4.99 Å². The van der Waals surface area contributed by atoms with Crippen LogP contribution in [0.2, 0.25) is 0 Å². The van der Waals surface area contributed by atoms with Crippen molar-refractivity contribution in [1.29, 1.82) is 0 Å². The number of aromatic amines is 1.